The van der Waals surface area contributed by atoms with Crippen molar-refractivity contribution in [3.63, 3.8) is 0 Å². The van der Waals surface area contributed by atoms with E-state index in [-0.39, 0.29) is 0 Å². The Morgan fingerprint density at radius 2 is 2.33 bits per heavy atom. The predicted molar refractivity (Wildman–Crippen MR) is 72.7 cm³/mol. The number of hydrogen-bond donors (Lipinski definition) is 1. The van der Waals surface area contributed by atoms with Gasteiger partial charge in [0.05, 0.1) is 19.8 Å². The Bertz CT molecular complexity index is 395. The van der Waals surface area contributed by atoms with Crippen molar-refractivity contribution in [3.05, 3.63) is 23.8 Å². The van der Waals surface area contributed by atoms with Crippen LogP contribution < -0.4 is 10.5 Å². The predicted octanol–water partition coefficient (Wildman–Crippen LogP) is 1.89. The quantitative estimate of drug-likeness (QED) is 0.829. The summed E-state index contributed by atoms with van der Waals surface area (Å²) in [6.07, 6.45) is 1.42. The van der Waals surface area contributed by atoms with Crippen molar-refractivity contribution in [1.29, 1.82) is 0 Å². The van der Waals surface area contributed by atoms with Gasteiger partial charge in [0, 0.05) is 37.0 Å². The van der Waals surface area contributed by atoms with Crippen molar-refractivity contribution in [1.82, 2.24) is 4.90 Å². The highest BCUT2D eigenvalue weighted by Crippen LogP contribution is 2.23. The molecule has 2 N–H and O–H groups in total. The zero-order valence-corrected chi connectivity index (χ0v) is 11.2. The number of nitrogens with zero attached hydrogens (tertiary/aromatic N) is 1. The van der Waals surface area contributed by atoms with E-state index in [1.165, 1.54) is 5.56 Å². The summed E-state index contributed by atoms with van der Waals surface area (Å²) < 4.78 is 11.1. The van der Waals surface area contributed by atoms with E-state index in [1.807, 2.05) is 18.2 Å². The van der Waals surface area contributed by atoms with E-state index in [2.05, 4.69) is 11.8 Å². The first-order chi connectivity index (χ1) is 8.72. The molecule has 1 aromatic carbocycles. The summed E-state index contributed by atoms with van der Waals surface area (Å²) in [6, 6.07) is 5.85. The van der Waals surface area contributed by atoms with Crippen molar-refractivity contribution < 1.29 is 9.47 Å². The molecule has 0 aliphatic carbocycles. The van der Waals surface area contributed by atoms with Gasteiger partial charge in [-0.15, -0.1) is 0 Å². The minimum Gasteiger partial charge on any atom is -0.496 e. The Labute approximate surface area is 109 Å². The van der Waals surface area contributed by atoms with Crippen LogP contribution in [0, 0.1) is 0 Å². The number of anilines is 1. The second kappa shape index (κ2) is 6.07. The number of benzene rings is 1. The molecule has 1 aromatic rings. The average molecular weight is 250 g/mol. The van der Waals surface area contributed by atoms with Gasteiger partial charge in [0.15, 0.2) is 0 Å². The van der Waals surface area contributed by atoms with Crippen LogP contribution >= 0.6 is 0 Å². The Hall–Kier alpha value is -1.26. The van der Waals surface area contributed by atoms with E-state index in [1.54, 1.807) is 7.11 Å². The maximum Gasteiger partial charge on any atom is 0.125 e. The molecule has 0 saturated carbocycles. The zero-order valence-electron chi connectivity index (χ0n) is 11.2. The van der Waals surface area contributed by atoms with Gasteiger partial charge >= 0.3 is 0 Å². The van der Waals surface area contributed by atoms with Gasteiger partial charge in [-0.2, -0.15) is 0 Å². The third-order valence-corrected chi connectivity index (χ3v) is 3.38. The molecule has 100 valence electrons. The SMILES string of the molecule is CCC1CN(Cc2ccc(N)cc2OC)CCO1. The lowest BCUT2D eigenvalue weighted by atomic mass is 10.1. The van der Waals surface area contributed by atoms with Crippen molar-refractivity contribution in [2.75, 3.05) is 32.5 Å². The Balaban J connectivity index is 2.04. The molecule has 0 amide bonds. The van der Waals surface area contributed by atoms with Gasteiger partial charge in [-0.25, -0.2) is 0 Å². The van der Waals surface area contributed by atoms with Crippen LogP contribution in [-0.2, 0) is 11.3 Å². The Morgan fingerprint density at radius 3 is 3.06 bits per heavy atom. The topological polar surface area (TPSA) is 47.7 Å². The average Bonchev–Trinajstić information content (AvgIpc) is 2.41. The van der Waals surface area contributed by atoms with Crippen molar-refractivity contribution in [3.8, 4) is 5.75 Å². The molecule has 0 radical (unpaired) electrons. The second-order valence-corrected chi connectivity index (χ2v) is 4.71. The van der Waals surface area contributed by atoms with E-state index in [0.29, 0.717) is 6.10 Å². The molecule has 1 aliphatic rings. The van der Waals surface area contributed by atoms with Crippen LogP contribution in [0.5, 0.6) is 5.75 Å². The number of nitrogen functional groups attached to an aromatic ring is 1. The minimum absolute atomic E-state index is 0.360. The molecule has 1 atom stereocenters. The molecular formula is C14H22N2O2. The summed E-state index contributed by atoms with van der Waals surface area (Å²) in [6.45, 7) is 5.84. The molecular weight excluding hydrogens is 228 g/mol. The van der Waals surface area contributed by atoms with Crippen LogP contribution in [0.4, 0.5) is 5.69 Å². The standard InChI is InChI=1S/C14H22N2O2/c1-3-13-10-16(6-7-18-13)9-11-4-5-12(15)8-14(11)17-2/h4-5,8,13H,3,6-7,9-10,15H2,1-2H3. The van der Waals surface area contributed by atoms with Gasteiger partial charge in [-0.05, 0) is 12.5 Å². The second-order valence-electron chi connectivity index (χ2n) is 4.71. The molecule has 4 heteroatoms. The highest BCUT2D eigenvalue weighted by atomic mass is 16.5. The number of morpholine rings is 1. The molecule has 18 heavy (non-hydrogen) atoms. The molecule has 0 aromatic heterocycles. The summed E-state index contributed by atoms with van der Waals surface area (Å²) in [4.78, 5) is 2.41. The maximum atomic E-state index is 5.77. The van der Waals surface area contributed by atoms with Crippen LogP contribution in [0.3, 0.4) is 0 Å². The Morgan fingerprint density at radius 1 is 1.50 bits per heavy atom. The summed E-state index contributed by atoms with van der Waals surface area (Å²) in [5, 5.41) is 0. The molecule has 0 bridgehead atoms. The van der Waals surface area contributed by atoms with Gasteiger partial charge < -0.3 is 15.2 Å². The zero-order chi connectivity index (χ0) is 13.0. The van der Waals surface area contributed by atoms with Crippen LogP contribution in [-0.4, -0.2) is 37.8 Å². The van der Waals surface area contributed by atoms with Crippen molar-refractivity contribution >= 4 is 5.69 Å². The van der Waals surface area contributed by atoms with E-state index < -0.39 is 0 Å². The summed E-state index contributed by atoms with van der Waals surface area (Å²) in [7, 11) is 1.69. The first-order valence-corrected chi connectivity index (χ1v) is 6.49. The Kier molecular flexibility index (Phi) is 4.44. The van der Waals surface area contributed by atoms with Crippen LogP contribution in [0.15, 0.2) is 18.2 Å². The highest BCUT2D eigenvalue weighted by molar-refractivity contribution is 5.48. The highest BCUT2D eigenvalue weighted by Gasteiger charge is 2.19. The first-order valence-electron chi connectivity index (χ1n) is 6.49. The van der Waals surface area contributed by atoms with E-state index in [4.69, 9.17) is 15.2 Å². The van der Waals surface area contributed by atoms with Crippen molar-refractivity contribution in [2.45, 2.75) is 26.0 Å². The molecule has 1 unspecified atom stereocenters. The molecule has 1 fully saturated rings. The maximum absolute atomic E-state index is 5.77. The largest absolute Gasteiger partial charge is 0.496 e. The van der Waals surface area contributed by atoms with Gasteiger partial charge in [-0.3, -0.25) is 4.90 Å². The molecule has 1 saturated heterocycles. The molecule has 1 heterocycles. The lowest BCUT2D eigenvalue weighted by Gasteiger charge is -2.32. The fourth-order valence-electron chi connectivity index (χ4n) is 2.30. The van der Waals surface area contributed by atoms with Gasteiger partial charge in [0.1, 0.15) is 5.75 Å². The smallest absolute Gasteiger partial charge is 0.125 e. The summed E-state index contributed by atoms with van der Waals surface area (Å²) >= 11 is 0. The number of ether oxygens (including phenoxy) is 2. The van der Waals surface area contributed by atoms with Crippen LogP contribution in [0.2, 0.25) is 0 Å². The van der Waals surface area contributed by atoms with Gasteiger partial charge in [0.2, 0.25) is 0 Å². The fraction of sp³-hybridized carbons (Fsp3) is 0.571. The lowest BCUT2D eigenvalue weighted by Crippen LogP contribution is -2.41. The van der Waals surface area contributed by atoms with E-state index in [0.717, 1.165) is 44.1 Å². The van der Waals surface area contributed by atoms with E-state index in [9.17, 15) is 0 Å². The molecule has 0 spiro atoms. The number of nitrogens with two attached hydrogens (primary N) is 1. The van der Waals surface area contributed by atoms with Gasteiger partial charge in [0.25, 0.3) is 0 Å². The van der Waals surface area contributed by atoms with E-state index >= 15 is 0 Å². The number of rotatable bonds is 4. The fourth-order valence-corrected chi connectivity index (χ4v) is 2.30. The molecule has 4 nitrogen and oxygen atoms in total. The third-order valence-electron chi connectivity index (χ3n) is 3.38. The first kappa shape index (κ1) is 13.2. The summed E-state index contributed by atoms with van der Waals surface area (Å²) in [5.74, 6) is 0.870. The van der Waals surface area contributed by atoms with Crippen LogP contribution in [0.1, 0.15) is 18.9 Å². The van der Waals surface area contributed by atoms with Crippen molar-refractivity contribution in [2.24, 2.45) is 0 Å². The molecule has 2 rings (SSSR count). The summed E-state index contributed by atoms with van der Waals surface area (Å²) in [5.41, 5.74) is 7.69. The third kappa shape index (κ3) is 3.15. The monoisotopic (exact) mass is 250 g/mol. The number of hydrogen-bond acceptors (Lipinski definition) is 4. The van der Waals surface area contributed by atoms with Gasteiger partial charge in [-0.1, -0.05) is 13.0 Å². The minimum atomic E-state index is 0.360. The lowest BCUT2D eigenvalue weighted by molar-refractivity contribution is -0.0326. The van der Waals surface area contributed by atoms with Crippen LogP contribution in [0.25, 0.3) is 0 Å². The normalized spacial score (nSPS) is 20.9. The number of methoxy groups -OCH3 is 1. The molecule has 1 aliphatic heterocycles.